The molecule has 0 radical (unpaired) electrons. The van der Waals surface area contributed by atoms with Gasteiger partial charge < -0.3 is 30.9 Å². The number of para-hydroxylation sites is 1. The molecule has 4 rings (SSSR count). The zero-order chi connectivity index (χ0) is 38.5. The molecule has 1 aliphatic heterocycles. The van der Waals surface area contributed by atoms with Gasteiger partial charge >= 0.3 is 5.97 Å². The number of benzene rings is 2. The van der Waals surface area contributed by atoms with Crippen molar-refractivity contribution in [2.75, 3.05) is 26.2 Å². The largest absolute Gasteiger partial charge is 0.480 e. The highest BCUT2D eigenvalue weighted by Gasteiger charge is 2.43. The van der Waals surface area contributed by atoms with Crippen LogP contribution in [0.1, 0.15) is 77.3 Å². The van der Waals surface area contributed by atoms with Gasteiger partial charge in [-0.2, -0.15) is 0 Å². The predicted octanol–water partition coefficient (Wildman–Crippen LogP) is 4.69. The second-order valence-electron chi connectivity index (χ2n) is 14.5. The highest BCUT2D eigenvalue weighted by molar-refractivity contribution is 6.30. The number of aliphatic carboxylic acids is 1. The van der Waals surface area contributed by atoms with Crippen LogP contribution < -0.4 is 16.0 Å². The van der Waals surface area contributed by atoms with Crippen LogP contribution in [0, 0.1) is 5.92 Å². The zero-order valence-corrected chi connectivity index (χ0v) is 32.1. The predicted molar refractivity (Wildman–Crippen MR) is 206 cm³/mol. The van der Waals surface area contributed by atoms with Gasteiger partial charge in [0.1, 0.15) is 18.1 Å². The van der Waals surface area contributed by atoms with E-state index >= 15 is 0 Å². The molecule has 5 N–H and O–H groups in total. The first-order chi connectivity index (χ1) is 25.4. The maximum atomic E-state index is 14.4. The maximum absolute atomic E-state index is 14.4. The first kappa shape index (κ1) is 41.3. The molecule has 4 amide bonds. The summed E-state index contributed by atoms with van der Waals surface area (Å²) in [6, 6.07) is 10.5. The molecular formula is C40H55ClN6O6. The Hall–Kier alpha value is -4.42. The minimum absolute atomic E-state index is 0.00227. The lowest BCUT2D eigenvalue weighted by atomic mass is 10.0. The van der Waals surface area contributed by atoms with E-state index in [9.17, 15) is 29.1 Å². The molecule has 288 valence electrons. The molecule has 53 heavy (non-hydrogen) atoms. The number of unbranched alkanes of at least 4 members (excludes halogenated alkanes) is 2. The van der Waals surface area contributed by atoms with E-state index in [0.29, 0.717) is 17.0 Å². The van der Waals surface area contributed by atoms with Crippen LogP contribution in [0.25, 0.3) is 10.9 Å². The Morgan fingerprint density at radius 1 is 0.943 bits per heavy atom. The molecule has 1 saturated heterocycles. The van der Waals surface area contributed by atoms with Crippen LogP contribution in [-0.2, 0) is 36.8 Å². The van der Waals surface area contributed by atoms with Gasteiger partial charge in [-0.1, -0.05) is 82.5 Å². The number of carbonyl (C=O) groups excluding carboxylic acids is 4. The third kappa shape index (κ3) is 12.3. The van der Waals surface area contributed by atoms with Gasteiger partial charge in [0.05, 0.1) is 13.0 Å². The average Bonchev–Trinajstić information content (AvgIpc) is 3.73. The molecule has 0 aliphatic carbocycles. The topological polar surface area (TPSA) is 164 Å². The molecule has 12 nitrogen and oxygen atoms in total. The van der Waals surface area contributed by atoms with Gasteiger partial charge in [-0.3, -0.25) is 24.1 Å². The number of nitrogens with one attached hydrogen (secondary N) is 4. The molecular weight excluding hydrogens is 696 g/mol. The summed E-state index contributed by atoms with van der Waals surface area (Å²) in [4.78, 5) is 74.2. The number of carboxylic acid groups (broad SMARTS) is 1. The fraction of sp³-hybridized carbons (Fsp3) is 0.525. The fourth-order valence-corrected chi connectivity index (χ4v) is 6.98. The van der Waals surface area contributed by atoms with Crippen LogP contribution in [-0.4, -0.2) is 99.8 Å². The van der Waals surface area contributed by atoms with Crippen molar-refractivity contribution >= 4 is 52.1 Å². The Bertz CT molecular complexity index is 1690. The first-order valence-corrected chi connectivity index (χ1v) is 19.2. The lowest BCUT2D eigenvalue weighted by Gasteiger charge is -2.30. The van der Waals surface area contributed by atoms with Crippen LogP contribution in [0.3, 0.4) is 0 Å². The van der Waals surface area contributed by atoms with E-state index < -0.39 is 42.0 Å². The van der Waals surface area contributed by atoms with Crippen molar-refractivity contribution < 1.29 is 29.1 Å². The molecule has 2 aromatic carbocycles. The molecule has 4 atom stereocenters. The number of carbonyl (C=O) groups is 5. The van der Waals surface area contributed by atoms with E-state index in [-0.39, 0.29) is 50.1 Å². The summed E-state index contributed by atoms with van der Waals surface area (Å²) in [5.74, 6) is -2.82. The standard InChI is InChI=1S/C40H55ClN6O6/c1-5-7-17-46(18-8-6-2)25-37(49)44-33(19-26(3)4)39(51)47-24-30(43-36(48)21-28-23-42-32-12-10-9-11-31(28)32)22-35(47)38(50)45-34(40(52)53)20-27-13-15-29(41)16-14-27/h9-16,23,26,30,33-35,42H,5-8,17-22,24-25H2,1-4H3,(H,43,48)(H,44,49)(H,45,50)(H,52,53)/t30-,33?,34?,35-/m0/s1. The molecule has 1 fully saturated rings. The number of hydrogen-bond donors (Lipinski definition) is 5. The van der Waals surface area contributed by atoms with Gasteiger partial charge in [-0.15, -0.1) is 0 Å². The number of rotatable bonds is 20. The van der Waals surface area contributed by atoms with Crippen molar-refractivity contribution in [2.45, 2.75) is 103 Å². The number of nitrogens with zero attached hydrogens (tertiary/aromatic N) is 2. The zero-order valence-electron chi connectivity index (χ0n) is 31.3. The Balaban J connectivity index is 1.54. The number of aromatic amines is 1. The van der Waals surface area contributed by atoms with Crippen molar-refractivity contribution in [3.8, 4) is 0 Å². The van der Waals surface area contributed by atoms with E-state index in [4.69, 9.17) is 11.6 Å². The van der Waals surface area contributed by atoms with Crippen molar-refractivity contribution in [1.29, 1.82) is 0 Å². The monoisotopic (exact) mass is 750 g/mol. The van der Waals surface area contributed by atoms with Crippen molar-refractivity contribution in [3.05, 3.63) is 70.9 Å². The van der Waals surface area contributed by atoms with E-state index in [1.54, 1.807) is 30.5 Å². The second kappa shape index (κ2) is 20.1. The molecule has 1 aliphatic rings. The van der Waals surface area contributed by atoms with Gasteiger partial charge in [0.25, 0.3) is 0 Å². The van der Waals surface area contributed by atoms with E-state index in [1.165, 1.54) is 4.90 Å². The quantitative estimate of drug-likeness (QED) is 0.112. The number of amides is 4. The normalized spacial score (nSPS) is 16.8. The summed E-state index contributed by atoms with van der Waals surface area (Å²) in [5.41, 5.74) is 2.39. The van der Waals surface area contributed by atoms with Crippen molar-refractivity contribution in [1.82, 2.24) is 30.7 Å². The highest BCUT2D eigenvalue weighted by Crippen LogP contribution is 2.23. The third-order valence-corrected chi connectivity index (χ3v) is 9.86. The number of likely N-dealkylation sites (tertiary alicyclic amines) is 1. The Labute approximate surface area is 317 Å². The summed E-state index contributed by atoms with van der Waals surface area (Å²) in [6.45, 7) is 9.86. The smallest absolute Gasteiger partial charge is 0.326 e. The van der Waals surface area contributed by atoms with Crippen LogP contribution >= 0.6 is 11.6 Å². The van der Waals surface area contributed by atoms with E-state index in [1.807, 2.05) is 38.1 Å². The van der Waals surface area contributed by atoms with E-state index in [2.05, 4.69) is 39.7 Å². The lowest BCUT2D eigenvalue weighted by Crippen LogP contribution is -2.56. The van der Waals surface area contributed by atoms with E-state index in [0.717, 1.165) is 55.2 Å². The van der Waals surface area contributed by atoms with Crippen LogP contribution in [0.15, 0.2) is 54.7 Å². The molecule has 0 saturated carbocycles. The summed E-state index contributed by atoms with van der Waals surface area (Å²) in [5, 5.41) is 20.1. The molecule has 2 unspecified atom stereocenters. The average molecular weight is 751 g/mol. The SMILES string of the molecule is CCCCN(CCCC)CC(=O)NC(CC(C)C)C(=O)N1C[C@@H](NC(=O)Cc2c[nH]c3ccccc23)C[C@H]1C(=O)NC(Cc1ccc(Cl)cc1)C(=O)O. The van der Waals surface area contributed by atoms with Gasteiger partial charge in [0.2, 0.25) is 23.6 Å². The summed E-state index contributed by atoms with van der Waals surface area (Å²) < 4.78 is 0. The fourth-order valence-electron chi connectivity index (χ4n) is 6.86. The molecule has 0 spiro atoms. The molecule has 13 heteroatoms. The summed E-state index contributed by atoms with van der Waals surface area (Å²) >= 11 is 6.01. The Morgan fingerprint density at radius 3 is 2.26 bits per heavy atom. The van der Waals surface area contributed by atoms with Gasteiger partial charge in [0, 0.05) is 41.1 Å². The van der Waals surface area contributed by atoms with Crippen molar-refractivity contribution in [3.63, 3.8) is 0 Å². The summed E-state index contributed by atoms with van der Waals surface area (Å²) in [7, 11) is 0. The number of H-pyrrole nitrogens is 1. The Morgan fingerprint density at radius 2 is 1.62 bits per heavy atom. The molecule has 0 bridgehead atoms. The van der Waals surface area contributed by atoms with Gasteiger partial charge in [-0.25, -0.2) is 4.79 Å². The van der Waals surface area contributed by atoms with Gasteiger partial charge in [-0.05, 0) is 74.0 Å². The van der Waals surface area contributed by atoms with Crippen LogP contribution in [0.5, 0.6) is 0 Å². The Kier molecular flexibility index (Phi) is 15.7. The highest BCUT2D eigenvalue weighted by atomic mass is 35.5. The lowest BCUT2D eigenvalue weighted by molar-refractivity contribution is -0.145. The molecule has 1 aromatic heterocycles. The van der Waals surface area contributed by atoms with Crippen LogP contribution in [0.4, 0.5) is 0 Å². The third-order valence-electron chi connectivity index (χ3n) is 9.61. The number of aromatic nitrogens is 1. The maximum Gasteiger partial charge on any atom is 0.326 e. The summed E-state index contributed by atoms with van der Waals surface area (Å²) in [6.07, 6.45) is 6.21. The van der Waals surface area contributed by atoms with Gasteiger partial charge in [0.15, 0.2) is 0 Å². The number of hydrogen-bond acceptors (Lipinski definition) is 6. The first-order valence-electron chi connectivity index (χ1n) is 18.8. The van der Waals surface area contributed by atoms with Crippen LogP contribution in [0.2, 0.25) is 5.02 Å². The van der Waals surface area contributed by atoms with Crippen molar-refractivity contribution in [2.24, 2.45) is 5.92 Å². The second-order valence-corrected chi connectivity index (χ2v) is 14.9. The molecule has 3 aromatic rings. The number of fused-ring (bicyclic) bond motifs is 1. The number of carboxylic acids is 1. The molecule has 2 heterocycles. The minimum Gasteiger partial charge on any atom is -0.480 e. The number of halogens is 1. The minimum atomic E-state index is -1.28.